The number of nitrogens with zero attached hydrogens (tertiary/aromatic N) is 3. The van der Waals surface area contributed by atoms with E-state index in [1.165, 1.54) is 11.9 Å². The smallest absolute Gasteiger partial charge is 0.156 e. The van der Waals surface area contributed by atoms with Gasteiger partial charge in [0.15, 0.2) is 5.75 Å². The predicted octanol–water partition coefficient (Wildman–Crippen LogP) is 4.28. The number of hydrogen-bond acceptors (Lipinski definition) is 6. The highest BCUT2D eigenvalue weighted by molar-refractivity contribution is 7.99. The first-order valence-electron chi connectivity index (χ1n) is 6.49. The number of rotatable bonds is 7. The van der Waals surface area contributed by atoms with Crippen LogP contribution in [0.25, 0.3) is 0 Å². The van der Waals surface area contributed by atoms with E-state index < -0.39 is 0 Å². The van der Waals surface area contributed by atoms with Gasteiger partial charge in [-0.3, -0.25) is 0 Å². The van der Waals surface area contributed by atoms with Crippen molar-refractivity contribution in [2.75, 3.05) is 13.2 Å². The van der Waals surface area contributed by atoms with Crippen molar-refractivity contribution in [1.82, 2.24) is 4.41 Å². The fraction of sp³-hybridized carbons (Fsp3) is 0.385. The number of halogens is 2. The van der Waals surface area contributed by atoms with Crippen LogP contribution in [0.5, 0.6) is 5.75 Å². The van der Waals surface area contributed by atoms with E-state index in [0.717, 1.165) is 13.0 Å². The van der Waals surface area contributed by atoms with Crippen molar-refractivity contribution in [3.8, 4) is 5.75 Å². The SMILES string of the molecule is NC(CCOc1c(Cl)cccc1Cl)CCN1N=NC=CS1. The van der Waals surface area contributed by atoms with Crippen molar-refractivity contribution in [3.63, 3.8) is 0 Å². The molecule has 0 spiro atoms. The Bertz CT molecular complexity index is 507. The molecule has 1 aliphatic rings. The molecule has 1 heterocycles. The minimum atomic E-state index is 0.0213. The van der Waals surface area contributed by atoms with E-state index >= 15 is 0 Å². The first-order valence-corrected chi connectivity index (χ1v) is 8.08. The van der Waals surface area contributed by atoms with Crippen molar-refractivity contribution >= 4 is 35.1 Å². The zero-order chi connectivity index (χ0) is 15.1. The van der Waals surface area contributed by atoms with Gasteiger partial charge in [-0.05, 0) is 25.0 Å². The van der Waals surface area contributed by atoms with Gasteiger partial charge in [-0.1, -0.05) is 34.5 Å². The maximum atomic E-state index is 6.06. The Morgan fingerprint density at radius 1 is 1.29 bits per heavy atom. The van der Waals surface area contributed by atoms with E-state index in [-0.39, 0.29) is 6.04 Å². The lowest BCUT2D eigenvalue weighted by Crippen LogP contribution is -2.27. The highest BCUT2D eigenvalue weighted by Gasteiger charge is 2.10. The maximum absolute atomic E-state index is 6.06. The fourth-order valence-electron chi connectivity index (χ4n) is 1.68. The summed E-state index contributed by atoms with van der Waals surface area (Å²) in [4.78, 5) is 0. The molecule has 8 heteroatoms. The van der Waals surface area contributed by atoms with Crippen molar-refractivity contribution in [1.29, 1.82) is 0 Å². The highest BCUT2D eigenvalue weighted by atomic mass is 35.5. The van der Waals surface area contributed by atoms with E-state index in [2.05, 4.69) is 10.3 Å². The number of ether oxygens (including phenoxy) is 1. The molecule has 2 rings (SSSR count). The molecule has 0 bridgehead atoms. The van der Waals surface area contributed by atoms with E-state index in [9.17, 15) is 0 Å². The van der Waals surface area contributed by atoms with Crippen LogP contribution in [0.3, 0.4) is 0 Å². The van der Waals surface area contributed by atoms with Crippen LogP contribution < -0.4 is 10.5 Å². The van der Waals surface area contributed by atoms with Crippen molar-refractivity contribution in [2.24, 2.45) is 16.1 Å². The van der Waals surface area contributed by atoms with Crippen LogP contribution in [-0.2, 0) is 0 Å². The zero-order valence-electron chi connectivity index (χ0n) is 11.3. The van der Waals surface area contributed by atoms with E-state index in [1.54, 1.807) is 28.8 Å². The first kappa shape index (κ1) is 16.4. The summed E-state index contributed by atoms with van der Waals surface area (Å²) in [5, 5.41) is 10.7. The molecule has 0 radical (unpaired) electrons. The van der Waals surface area contributed by atoms with Gasteiger partial charge in [-0.15, -0.1) is 5.11 Å². The van der Waals surface area contributed by atoms with Crippen LogP contribution in [0.4, 0.5) is 0 Å². The molecule has 0 aromatic heterocycles. The minimum absolute atomic E-state index is 0.0213. The van der Waals surface area contributed by atoms with Crippen LogP contribution in [0, 0.1) is 0 Å². The van der Waals surface area contributed by atoms with Gasteiger partial charge in [0.25, 0.3) is 0 Å². The van der Waals surface area contributed by atoms with Crippen LogP contribution >= 0.6 is 35.1 Å². The van der Waals surface area contributed by atoms with Gasteiger partial charge in [0.05, 0.1) is 29.4 Å². The first-order chi connectivity index (χ1) is 10.2. The number of nitrogens with two attached hydrogens (primary N) is 1. The average molecular weight is 347 g/mol. The van der Waals surface area contributed by atoms with Gasteiger partial charge >= 0.3 is 0 Å². The third-order valence-electron chi connectivity index (χ3n) is 2.81. The highest BCUT2D eigenvalue weighted by Crippen LogP contribution is 2.32. The van der Waals surface area contributed by atoms with Crippen molar-refractivity contribution in [3.05, 3.63) is 39.9 Å². The lowest BCUT2D eigenvalue weighted by Gasteiger charge is -2.18. The van der Waals surface area contributed by atoms with Gasteiger partial charge in [0.1, 0.15) is 0 Å². The molecular formula is C13H16Cl2N4OS. The lowest BCUT2D eigenvalue weighted by atomic mass is 10.1. The van der Waals surface area contributed by atoms with Gasteiger partial charge in [-0.2, -0.15) is 0 Å². The molecule has 1 unspecified atom stereocenters. The normalized spacial score (nSPS) is 15.3. The van der Waals surface area contributed by atoms with Gasteiger partial charge in [0, 0.05) is 23.4 Å². The number of benzene rings is 1. The summed E-state index contributed by atoms with van der Waals surface area (Å²) in [6.45, 7) is 1.21. The Morgan fingerprint density at radius 3 is 2.71 bits per heavy atom. The number of hydrogen-bond donors (Lipinski definition) is 1. The summed E-state index contributed by atoms with van der Waals surface area (Å²) in [5.74, 6) is 0.513. The molecular weight excluding hydrogens is 331 g/mol. The second-order valence-electron chi connectivity index (χ2n) is 4.41. The van der Waals surface area contributed by atoms with Crippen LogP contribution in [0.2, 0.25) is 10.0 Å². The second-order valence-corrected chi connectivity index (χ2v) is 6.13. The van der Waals surface area contributed by atoms with Crippen LogP contribution in [-0.4, -0.2) is 23.6 Å². The summed E-state index contributed by atoms with van der Waals surface area (Å²) < 4.78 is 7.41. The third kappa shape index (κ3) is 5.39. The molecule has 0 amide bonds. The van der Waals surface area contributed by atoms with Crippen molar-refractivity contribution in [2.45, 2.75) is 18.9 Å². The quantitative estimate of drug-likeness (QED) is 0.748. The summed E-state index contributed by atoms with van der Waals surface area (Å²) in [6, 6.07) is 5.29. The Labute approximate surface area is 138 Å². The molecule has 5 nitrogen and oxygen atoms in total. The average Bonchev–Trinajstić information content (AvgIpc) is 2.49. The molecule has 0 saturated heterocycles. The summed E-state index contributed by atoms with van der Waals surface area (Å²) in [7, 11) is 0. The molecule has 0 saturated carbocycles. The molecule has 21 heavy (non-hydrogen) atoms. The minimum Gasteiger partial charge on any atom is -0.490 e. The topological polar surface area (TPSA) is 63.2 Å². The Hall–Kier alpha value is -0.950. The van der Waals surface area contributed by atoms with E-state index in [1.807, 2.05) is 5.41 Å². The maximum Gasteiger partial charge on any atom is 0.156 e. The molecule has 1 atom stereocenters. The molecule has 0 fully saturated rings. The molecule has 2 N–H and O–H groups in total. The molecule has 1 aromatic carbocycles. The zero-order valence-corrected chi connectivity index (χ0v) is 13.6. The van der Waals surface area contributed by atoms with E-state index in [4.69, 9.17) is 33.7 Å². The van der Waals surface area contributed by atoms with Crippen LogP contribution in [0.1, 0.15) is 12.8 Å². The lowest BCUT2D eigenvalue weighted by molar-refractivity contribution is 0.290. The van der Waals surface area contributed by atoms with Crippen LogP contribution in [0.15, 0.2) is 40.1 Å². The molecule has 0 aliphatic carbocycles. The predicted molar refractivity (Wildman–Crippen MR) is 87.5 cm³/mol. The summed E-state index contributed by atoms with van der Waals surface area (Å²) >= 11 is 13.6. The Morgan fingerprint density at radius 2 is 2.05 bits per heavy atom. The summed E-state index contributed by atoms with van der Waals surface area (Å²) in [5.41, 5.74) is 6.06. The standard InChI is InChI=1S/C13H16Cl2N4OS/c14-11-2-1-3-12(15)13(11)20-8-5-10(16)4-7-19-18-17-6-9-21-19/h1-3,6,9-10H,4-5,7-8,16H2. The Kier molecular flexibility index (Phi) is 6.63. The molecule has 1 aromatic rings. The number of para-hydroxylation sites is 1. The second kappa shape index (κ2) is 8.48. The van der Waals surface area contributed by atoms with Gasteiger partial charge in [0.2, 0.25) is 0 Å². The third-order valence-corrected chi connectivity index (χ3v) is 4.14. The monoisotopic (exact) mass is 346 g/mol. The molecule has 1 aliphatic heterocycles. The largest absolute Gasteiger partial charge is 0.490 e. The van der Waals surface area contributed by atoms with Gasteiger partial charge in [-0.25, -0.2) is 4.41 Å². The fourth-order valence-corrected chi connectivity index (χ4v) is 2.74. The molecule has 114 valence electrons. The van der Waals surface area contributed by atoms with Gasteiger partial charge < -0.3 is 10.5 Å². The van der Waals surface area contributed by atoms with Crippen molar-refractivity contribution < 1.29 is 4.74 Å². The van der Waals surface area contributed by atoms with E-state index in [0.29, 0.717) is 28.8 Å². The summed E-state index contributed by atoms with van der Waals surface area (Å²) in [6.07, 6.45) is 3.18. The Balaban J connectivity index is 1.68.